The second-order valence-electron chi connectivity index (χ2n) is 7.84. The van der Waals surface area contributed by atoms with E-state index in [1.807, 2.05) is 6.92 Å². The van der Waals surface area contributed by atoms with E-state index in [-0.39, 0.29) is 24.4 Å². The van der Waals surface area contributed by atoms with Gasteiger partial charge in [-0.3, -0.25) is 9.59 Å². The molecule has 0 saturated carbocycles. The number of fused-ring (bicyclic) bond motifs is 2. The molecule has 8 nitrogen and oxygen atoms in total. The molecule has 0 unspecified atom stereocenters. The molecule has 160 valence electrons. The normalized spacial score (nSPS) is 26.0. The van der Waals surface area contributed by atoms with Gasteiger partial charge in [0.15, 0.2) is 0 Å². The lowest BCUT2D eigenvalue weighted by atomic mass is 9.63. The number of methoxy groups -OCH3 is 2. The molecule has 1 aliphatic carbocycles. The van der Waals surface area contributed by atoms with Crippen LogP contribution in [0, 0.1) is 18.3 Å². The predicted octanol–water partition coefficient (Wildman–Crippen LogP) is 1.88. The quantitative estimate of drug-likeness (QED) is 0.678. The van der Waals surface area contributed by atoms with Crippen molar-refractivity contribution in [3.8, 4) is 0 Å². The zero-order chi connectivity index (χ0) is 21.7. The van der Waals surface area contributed by atoms with Crippen molar-refractivity contribution in [2.75, 3.05) is 27.3 Å². The summed E-state index contributed by atoms with van der Waals surface area (Å²) in [4.78, 5) is 25.8. The molecular weight excluding hydrogens is 410 g/mol. The lowest BCUT2D eigenvalue weighted by molar-refractivity contribution is -0.158. The van der Waals surface area contributed by atoms with Crippen LogP contribution in [0.1, 0.15) is 22.8 Å². The average Bonchev–Trinajstić information content (AvgIpc) is 3.36. The molecule has 0 bridgehead atoms. The molecular formula is C21H23NO7S. The van der Waals surface area contributed by atoms with Crippen LogP contribution >= 0.6 is 0 Å². The number of benzene rings is 1. The Morgan fingerprint density at radius 1 is 1.13 bits per heavy atom. The van der Waals surface area contributed by atoms with Crippen LogP contribution in [0.3, 0.4) is 0 Å². The van der Waals surface area contributed by atoms with E-state index >= 15 is 0 Å². The summed E-state index contributed by atoms with van der Waals surface area (Å²) in [6, 6.07) is 8.20. The summed E-state index contributed by atoms with van der Waals surface area (Å²) in [6.45, 7) is 1.76. The summed E-state index contributed by atoms with van der Waals surface area (Å²) in [6.07, 6.45) is 1.62. The molecule has 1 fully saturated rings. The Morgan fingerprint density at radius 3 is 2.47 bits per heavy atom. The third-order valence-corrected chi connectivity index (χ3v) is 8.09. The van der Waals surface area contributed by atoms with Crippen LogP contribution in [-0.4, -0.2) is 52.0 Å². The van der Waals surface area contributed by atoms with E-state index < -0.39 is 39.2 Å². The maximum Gasteiger partial charge on any atom is 0.313 e. The largest absolute Gasteiger partial charge is 0.469 e. The van der Waals surface area contributed by atoms with Gasteiger partial charge < -0.3 is 13.9 Å². The SMILES string of the molecule is COC(=O)[C@@H]1c2ccoc2C[C@@]2(C(=O)OC)CN(S(=O)(=O)c3ccc(C)cc3)C[C@@H]12. The zero-order valence-corrected chi connectivity index (χ0v) is 17.8. The number of furan rings is 1. The first kappa shape index (κ1) is 20.6. The number of rotatable bonds is 4. The summed E-state index contributed by atoms with van der Waals surface area (Å²) in [7, 11) is -1.35. The molecule has 1 aromatic heterocycles. The maximum atomic E-state index is 13.3. The Hall–Kier alpha value is -2.65. The standard InChI is InChI=1S/C21H23NO7S/c1-13-4-6-14(7-5-13)30(25,26)22-11-16-18(19(23)27-2)15-8-9-29-17(15)10-21(16,12-22)20(24)28-3/h4-9,16,18H,10-12H2,1-3H3/t16-,18+,21+/m0/s1. The van der Waals surface area contributed by atoms with Crippen LogP contribution in [-0.2, 0) is 35.5 Å². The van der Waals surface area contributed by atoms with Crippen molar-refractivity contribution in [1.29, 1.82) is 0 Å². The van der Waals surface area contributed by atoms with E-state index in [9.17, 15) is 18.0 Å². The van der Waals surface area contributed by atoms with Crippen molar-refractivity contribution in [3.63, 3.8) is 0 Å². The van der Waals surface area contributed by atoms with Crippen LogP contribution < -0.4 is 0 Å². The minimum atomic E-state index is -3.88. The van der Waals surface area contributed by atoms with Gasteiger partial charge in [0.25, 0.3) is 0 Å². The zero-order valence-electron chi connectivity index (χ0n) is 17.0. The summed E-state index contributed by atoms with van der Waals surface area (Å²) < 4.78 is 43.6. The van der Waals surface area contributed by atoms with Gasteiger partial charge in [0.1, 0.15) is 5.76 Å². The molecule has 1 saturated heterocycles. The molecule has 0 spiro atoms. The van der Waals surface area contributed by atoms with Crippen molar-refractivity contribution in [2.45, 2.75) is 24.2 Å². The number of sulfonamides is 1. The van der Waals surface area contributed by atoms with Gasteiger partial charge in [0, 0.05) is 31.0 Å². The third kappa shape index (κ3) is 2.95. The number of ether oxygens (including phenoxy) is 2. The molecule has 0 amide bonds. The van der Waals surface area contributed by atoms with Crippen molar-refractivity contribution in [1.82, 2.24) is 4.31 Å². The van der Waals surface area contributed by atoms with E-state index in [0.717, 1.165) is 5.56 Å². The Morgan fingerprint density at radius 2 is 1.83 bits per heavy atom. The van der Waals surface area contributed by atoms with Gasteiger partial charge in [-0.25, -0.2) is 8.42 Å². The van der Waals surface area contributed by atoms with Gasteiger partial charge in [-0.15, -0.1) is 0 Å². The molecule has 0 N–H and O–H groups in total. The molecule has 2 aliphatic rings. The number of aryl methyl sites for hydroxylation is 1. The third-order valence-electron chi connectivity index (χ3n) is 6.27. The first-order chi connectivity index (χ1) is 14.2. The van der Waals surface area contributed by atoms with Crippen LogP contribution in [0.5, 0.6) is 0 Å². The molecule has 3 atom stereocenters. The topological polar surface area (TPSA) is 103 Å². The number of carbonyl (C=O) groups excluding carboxylic acids is 2. The lowest BCUT2D eigenvalue weighted by Crippen LogP contribution is -2.48. The molecule has 2 aromatic rings. The Balaban J connectivity index is 1.81. The summed E-state index contributed by atoms with van der Waals surface area (Å²) in [5.74, 6) is -2.09. The second-order valence-corrected chi connectivity index (χ2v) is 9.78. The fraction of sp³-hybridized carbons (Fsp3) is 0.429. The number of nitrogens with zero attached hydrogens (tertiary/aromatic N) is 1. The number of hydrogen-bond acceptors (Lipinski definition) is 7. The molecule has 4 rings (SSSR count). The van der Waals surface area contributed by atoms with Crippen LogP contribution in [0.25, 0.3) is 0 Å². The van der Waals surface area contributed by atoms with E-state index in [1.165, 1.54) is 24.8 Å². The molecule has 30 heavy (non-hydrogen) atoms. The average molecular weight is 433 g/mol. The highest BCUT2D eigenvalue weighted by Crippen LogP contribution is 2.53. The Kier molecular flexibility index (Phi) is 4.98. The summed E-state index contributed by atoms with van der Waals surface area (Å²) in [5.41, 5.74) is 0.322. The Bertz CT molecular complexity index is 1090. The molecule has 1 aromatic carbocycles. The highest BCUT2D eigenvalue weighted by Gasteiger charge is 2.63. The minimum absolute atomic E-state index is 0.00427. The van der Waals surface area contributed by atoms with E-state index in [4.69, 9.17) is 13.9 Å². The van der Waals surface area contributed by atoms with E-state index in [0.29, 0.717) is 11.3 Å². The first-order valence-electron chi connectivity index (χ1n) is 9.54. The van der Waals surface area contributed by atoms with E-state index in [2.05, 4.69) is 0 Å². The first-order valence-corrected chi connectivity index (χ1v) is 11.0. The summed E-state index contributed by atoms with van der Waals surface area (Å²) >= 11 is 0. The van der Waals surface area contributed by atoms with Gasteiger partial charge >= 0.3 is 11.9 Å². The minimum Gasteiger partial charge on any atom is -0.469 e. The van der Waals surface area contributed by atoms with Gasteiger partial charge in [0.2, 0.25) is 10.0 Å². The van der Waals surface area contributed by atoms with Crippen molar-refractivity contribution in [2.24, 2.45) is 11.3 Å². The van der Waals surface area contributed by atoms with Crippen LogP contribution in [0.2, 0.25) is 0 Å². The highest BCUT2D eigenvalue weighted by molar-refractivity contribution is 7.89. The van der Waals surface area contributed by atoms with Gasteiger partial charge in [-0.2, -0.15) is 4.31 Å². The monoisotopic (exact) mass is 433 g/mol. The van der Waals surface area contributed by atoms with Crippen molar-refractivity contribution in [3.05, 3.63) is 53.5 Å². The van der Waals surface area contributed by atoms with Gasteiger partial charge in [-0.05, 0) is 25.1 Å². The van der Waals surface area contributed by atoms with E-state index in [1.54, 1.807) is 30.3 Å². The van der Waals surface area contributed by atoms with Crippen LogP contribution in [0.4, 0.5) is 0 Å². The molecule has 9 heteroatoms. The molecule has 1 aliphatic heterocycles. The van der Waals surface area contributed by atoms with Gasteiger partial charge in [-0.1, -0.05) is 17.7 Å². The fourth-order valence-corrected chi connectivity index (χ4v) is 6.26. The van der Waals surface area contributed by atoms with Gasteiger partial charge in [0.05, 0.1) is 36.7 Å². The number of hydrogen-bond donors (Lipinski definition) is 0. The molecule has 0 radical (unpaired) electrons. The lowest BCUT2D eigenvalue weighted by Gasteiger charge is -2.38. The number of carbonyl (C=O) groups is 2. The molecule has 2 heterocycles. The van der Waals surface area contributed by atoms with Crippen LogP contribution in [0.15, 0.2) is 45.9 Å². The second kappa shape index (κ2) is 7.24. The summed E-state index contributed by atoms with van der Waals surface area (Å²) in [5, 5.41) is 0. The van der Waals surface area contributed by atoms with Crippen molar-refractivity contribution < 1.29 is 31.9 Å². The smallest absolute Gasteiger partial charge is 0.313 e. The maximum absolute atomic E-state index is 13.3. The fourth-order valence-electron chi connectivity index (χ4n) is 4.73. The number of esters is 2. The highest BCUT2D eigenvalue weighted by atomic mass is 32.2. The predicted molar refractivity (Wildman–Crippen MR) is 105 cm³/mol. The Labute approximate surface area is 174 Å². The van der Waals surface area contributed by atoms with Crippen molar-refractivity contribution >= 4 is 22.0 Å².